The van der Waals surface area contributed by atoms with E-state index in [1.807, 2.05) is 43.3 Å². The van der Waals surface area contributed by atoms with E-state index >= 15 is 0 Å². The summed E-state index contributed by atoms with van der Waals surface area (Å²) >= 11 is 0. The first-order valence-electron chi connectivity index (χ1n) is 15.1. The van der Waals surface area contributed by atoms with Crippen molar-refractivity contribution >= 4 is 22.6 Å². The van der Waals surface area contributed by atoms with Crippen LogP contribution < -0.4 is 4.74 Å². The van der Waals surface area contributed by atoms with E-state index in [4.69, 9.17) is 24.2 Å². The van der Waals surface area contributed by atoms with Crippen LogP contribution in [0.25, 0.3) is 16.8 Å². The van der Waals surface area contributed by atoms with Gasteiger partial charge in [-0.15, -0.1) is 0 Å². The first kappa shape index (κ1) is 29.1. The summed E-state index contributed by atoms with van der Waals surface area (Å²) < 4.78 is 19.6. The first-order valence-corrected chi connectivity index (χ1v) is 15.1. The number of methoxy groups -OCH3 is 1. The van der Waals surface area contributed by atoms with Crippen LogP contribution in [-0.4, -0.2) is 58.1 Å². The van der Waals surface area contributed by atoms with Gasteiger partial charge in [-0.3, -0.25) is 9.69 Å². The minimum Gasteiger partial charge on any atom is -0.497 e. The number of imidazole rings is 1. The van der Waals surface area contributed by atoms with Crippen molar-refractivity contribution in [1.82, 2.24) is 19.4 Å². The third kappa shape index (κ3) is 6.50. The highest BCUT2D eigenvalue weighted by Crippen LogP contribution is 2.30. The molecule has 0 amide bonds. The minimum absolute atomic E-state index is 0.0704. The molecule has 2 aliphatic rings. The lowest BCUT2D eigenvalue weighted by molar-refractivity contribution is -0.0592. The molecule has 2 aromatic carbocycles. The largest absolute Gasteiger partial charge is 0.497 e. The highest BCUT2D eigenvalue weighted by atomic mass is 16.5. The fourth-order valence-corrected chi connectivity index (χ4v) is 5.97. The topological polar surface area (TPSA) is 78.7 Å². The maximum absolute atomic E-state index is 11.7. The average Bonchev–Trinajstić information content (AvgIpc) is 3.34. The Labute approximate surface area is 253 Å². The molecule has 2 aliphatic heterocycles. The van der Waals surface area contributed by atoms with E-state index in [1.54, 1.807) is 14.0 Å². The first-order chi connectivity index (χ1) is 20.9. The van der Waals surface area contributed by atoms with Crippen molar-refractivity contribution in [3.63, 3.8) is 0 Å². The van der Waals surface area contributed by atoms with Gasteiger partial charge in [-0.2, -0.15) is 0 Å². The van der Waals surface area contributed by atoms with E-state index in [0.717, 1.165) is 96.9 Å². The smallest absolute Gasteiger partial charge is 0.213 e. The zero-order valence-corrected chi connectivity index (χ0v) is 25.3. The summed E-state index contributed by atoms with van der Waals surface area (Å²) in [5.41, 5.74) is 6.97. The van der Waals surface area contributed by atoms with Crippen LogP contribution in [0.1, 0.15) is 70.7 Å². The predicted octanol–water partition coefficient (Wildman–Crippen LogP) is 6.31. The number of nitrogens with zero attached hydrogens (tertiary/aromatic N) is 4. The Morgan fingerprint density at radius 3 is 2.53 bits per heavy atom. The summed E-state index contributed by atoms with van der Waals surface area (Å²) in [6.45, 7) is 12.5. The maximum atomic E-state index is 11.7. The Balaban J connectivity index is 1.10. The molecule has 1 unspecified atom stereocenters. The van der Waals surface area contributed by atoms with Crippen LogP contribution in [0.5, 0.6) is 5.88 Å². The molecule has 0 aliphatic carbocycles. The van der Waals surface area contributed by atoms with Crippen LogP contribution in [0, 0.1) is 6.92 Å². The van der Waals surface area contributed by atoms with Gasteiger partial charge in [-0.05, 0) is 87.7 Å². The number of hydrogen-bond acceptors (Lipinski definition) is 7. The number of benzene rings is 2. The third-order valence-corrected chi connectivity index (χ3v) is 8.82. The number of aryl methyl sites for hydroxylation is 1. The van der Waals surface area contributed by atoms with Gasteiger partial charge in [0.25, 0.3) is 0 Å². The number of pyridine rings is 1. The molecule has 0 saturated carbocycles. The van der Waals surface area contributed by atoms with Gasteiger partial charge in [0.05, 0.1) is 37.3 Å². The summed E-state index contributed by atoms with van der Waals surface area (Å²) in [6, 6.07) is 18.0. The van der Waals surface area contributed by atoms with Crippen LogP contribution in [-0.2, 0) is 29.2 Å². The van der Waals surface area contributed by atoms with Crippen molar-refractivity contribution in [1.29, 1.82) is 0 Å². The van der Waals surface area contributed by atoms with Gasteiger partial charge in [-0.1, -0.05) is 24.8 Å². The molecule has 224 valence electrons. The second kappa shape index (κ2) is 12.7. The number of hydrogen-bond donors (Lipinski definition) is 0. The Hall–Kier alpha value is -4.01. The minimum atomic E-state index is 0.0704. The zero-order valence-electron chi connectivity index (χ0n) is 25.3. The highest BCUT2D eigenvalue weighted by Gasteiger charge is 2.26. The number of ketones is 1. The van der Waals surface area contributed by atoms with Gasteiger partial charge < -0.3 is 18.8 Å². The van der Waals surface area contributed by atoms with Gasteiger partial charge in [0.15, 0.2) is 5.78 Å². The number of piperidine rings is 1. The molecule has 2 fully saturated rings. The molecule has 2 aromatic heterocycles. The SMILES string of the molecule is C=C(OC)c1ccc2nc(CN3CCC(c4cccc(OCc5ccc(C(C)=O)cc5C)n4)CC3)n(CC3CCO3)c2c1. The average molecular weight is 581 g/mol. The summed E-state index contributed by atoms with van der Waals surface area (Å²) in [5.74, 6) is 2.82. The quantitative estimate of drug-likeness (QED) is 0.152. The molecule has 2 saturated heterocycles. The molecule has 0 radical (unpaired) electrons. The van der Waals surface area contributed by atoms with Gasteiger partial charge in [0.2, 0.25) is 5.88 Å². The summed E-state index contributed by atoms with van der Waals surface area (Å²) in [7, 11) is 1.65. The van der Waals surface area contributed by atoms with Gasteiger partial charge in [-0.25, -0.2) is 9.97 Å². The zero-order chi connectivity index (χ0) is 29.9. The normalized spacial score (nSPS) is 17.5. The van der Waals surface area contributed by atoms with Gasteiger partial charge in [0, 0.05) is 35.4 Å². The molecule has 0 spiro atoms. The lowest BCUT2D eigenvalue weighted by atomic mass is 9.93. The number of carbonyl (C=O) groups is 1. The molecule has 0 N–H and O–H groups in total. The van der Waals surface area contributed by atoms with Crippen LogP contribution in [0.15, 0.2) is 61.2 Å². The Kier molecular flexibility index (Phi) is 8.58. The second-order valence-corrected chi connectivity index (χ2v) is 11.7. The standard InChI is InChI=1S/C35H40N4O4/c1-23-18-27(24(2)40)8-9-29(23)22-43-35-7-5-6-31(37-35)26-12-15-38(16-13-26)21-34-36-32-11-10-28(25(3)41-4)19-33(32)39(34)20-30-14-17-42-30/h5-11,18-19,26,30H,3,12-17,20-22H2,1-2,4H3. The van der Waals surface area contributed by atoms with Crippen LogP contribution in [0.3, 0.4) is 0 Å². The van der Waals surface area contributed by atoms with Crippen molar-refractivity contribution in [3.05, 3.63) is 94.9 Å². The summed E-state index contributed by atoms with van der Waals surface area (Å²) in [4.78, 5) is 24.1. The Morgan fingerprint density at radius 1 is 1.05 bits per heavy atom. The molecule has 6 rings (SSSR count). The van der Waals surface area contributed by atoms with Gasteiger partial charge >= 0.3 is 0 Å². The number of rotatable bonds is 11. The van der Waals surface area contributed by atoms with E-state index in [2.05, 4.69) is 34.2 Å². The monoisotopic (exact) mass is 580 g/mol. The van der Waals surface area contributed by atoms with Crippen LogP contribution in [0.2, 0.25) is 0 Å². The molecule has 8 heteroatoms. The van der Waals surface area contributed by atoms with Crippen molar-refractivity contribution in [2.75, 3.05) is 26.8 Å². The second-order valence-electron chi connectivity index (χ2n) is 11.7. The van der Waals surface area contributed by atoms with Crippen LogP contribution in [0.4, 0.5) is 0 Å². The number of carbonyl (C=O) groups excluding carboxylic acids is 1. The Morgan fingerprint density at radius 2 is 1.84 bits per heavy atom. The maximum Gasteiger partial charge on any atom is 0.213 e. The molecular formula is C35H40N4O4. The van der Waals surface area contributed by atoms with Crippen molar-refractivity contribution in [2.45, 2.75) is 64.8 Å². The highest BCUT2D eigenvalue weighted by molar-refractivity contribution is 5.94. The molecule has 4 aromatic rings. The molecular weight excluding hydrogens is 540 g/mol. The number of fused-ring (bicyclic) bond motifs is 1. The van der Waals surface area contributed by atoms with Crippen LogP contribution >= 0.6 is 0 Å². The summed E-state index contributed by atoms with van der Waals surface area (Å²) in [5, 5.41) is 0. The van der Waals surface area contributed by atoms with E-state index in [0.29, 0.717) is 24.2 Å². The van der Waals surface area contributed by atoms with Gasteiger partial charge in [0.1, 0.15) is 18.2 Å². The molecule has 43 heavy (non-hydrogen) atoms. The molecule has 1 atom stereocenters. The van der Waals surface area contributed by atoms with E-state index in [-0.39, 0.29) is 11.9 Å². The van der Waals surface area contributed by atoms with E-state index < -0.39 is 0 Å². The summed E-state index contributed by atoms with van der Waals surface area (Å²) in [6.07, 6.45) is 3.38. The molecule has 8 nitrogen and oxygen atoms in total. The fraction of sp³-hybridized carbons (Fsp3) is 0.400. The van der Waals surface area contributed by atoms with Crippen molar-refractivity contribution in [2.24, 2.45) is 0 Å². The van der Waals surface area contributed by atoms with Crippen molar-refractivity contribution < 1.29 is 19.0 Å². The lowest BCUT2D eigenvalue weighted by Gasteiger charge is -2.32. The van der Waals surface area contributed by atoms with E-state index in [9.17, 15) is 4.79 Å². The number of likely N-dealkylation sites (tertiary alicyclic amines) is 1. The lowest BCUT2D eigenvalue weighted by Crippen LogP contribution is -2.35. The third-order valence-electron chi connectivity index (χ3n) is 8.82. The fourth-order valence-electron chi connectivity index (χ4n) is 5.97. The number of aromatic nitrogens is 3. The predicted molar refractivity (Wildman–Crippen MR) is 167 cm³/mol. The van der Waals surface area contributed by atoms with Crippen molar-refractivity contribution in [3.8, 4) is 5.88 Å². The molecule has 4 heterocycles. The number of Topliss-reactive ketones (excluding diaryl/α,β-unsaturated/α-hetero) is 1. The Bertz CT molecular complexity index is 1630. The number of ether oxygens (including phenoxy) is 3. The van der Waals surface area contributed by atoms with E-state index in [1.165, 1.54) is 0 Å². The molecule has 0 bridgehead atoms.